The Bertz CT molecular complexity index is 579. The van der Waals surface area contributed by atoms with Crippen LogP contribution in [-0.2, 0) is 0 Å². The lowest BCUT2D eigenvalue weighted by atomic mass is 10.0. The number of allylic oxidation sites excluding steroid dienone is 1. The van der Waals surface area contributed by atoms with Crippen LogP contribution < -0.4 is 4.74 Å². The van der Waals surface area contributed by atoms with Crippen LogP contribution in [-0.4, -0.2) is 0 Å². The van der Waals surface area contributed by atoms with Crippen molar-refractivity contribution < 1.29 is 4.74 Å². The maximum atomic E-state index is 5.56. The van der Waals surface area contributed by atoms with Gasteiger partial charge in [-0.05, 0) is 29.0 Å². The third kappa shape index (κ3) is 1.24. The summed E-state index contributed by atoms with van der Waals surface area (Å²) < 4.78 is 5.56. The van der Waals surface area contributed by atoms with Crippen LogP contribution in [0.25, 0.3) is 16.8 Å². The quantitative estimate of drug-likeness (QED) is 0.620. The molecular formula is C14H10O. The summed E-state index contributed by atoms with van der Waals surface area (Å²) in [5, 5.41) is 2.45. The number of hydrogen-bond donors (Lipinski definition) is 0. The molecule has 1 heterocycles. The maximum Gasteiger partial charge on any atom is 0.135 e. The van der Waals surface area contributed by atoms with Crippen molar-refractivity contribution in [2.75, 3.05) is 0 Å². The molecule has 2 aromatic carbocycles. The molecule has 1 aliphatic rings. The average Bonchev–Trinajstić information content (AvgIpc) is 2.28. The van der Waals surface area contributed by atoms with Crippen molar-refractivity contribution in [3.05, 3.63) is 60.4 Å². The predicted octanol–water partition coefficient (Wildman–Crippen LogP) is 3.76. The van der Waals surface area contributed by atoms with Gasteiger partial charge in [0.1, 0.15) is 11.5 Å². The summed E-state index contributed by atoms with van der Waals surface area (Å²) in [4.78, 5) is 0. The smallest absolute Gasteiger partial charge is 0.135 e. The van der Waals surface area contributed by atoms with Crippen LogP contribution in [0.5, 0.6) is 5.75 Å². The van der Waals surface area contributed by atoms with Crippen molar-refractivity contribution in [1.82, 2.24) is 0 Å². The van der Waals surface area contributed by atoms with Gasteiger partial charge in [-0.15, -0.1) is 0 Å². The standard InChI is InChI=1S/C14H10O/c1-10-6-8-13-12-5-3-2-4-11(12)7-9-14(13)15-10/h2-9H,1H2. The average molecular weight is 194 g/mol. The number of hydrogen-bond acceptors (Lipinski definition) is 1. The van der Waals surface area contributed by atoms with Crippen molar-refractivity contribution in [3.63, 3.8) is 0 Å². The van der Waals surface area contributed by atoms with E-state index in [1.54, 1.807) is 0 Å². The first kappa shape index (κ1) is 8.30. The molecule has 3 rings (SSSR count). The molecule has 0 saturated carbocycles. The second-order valence-electron chi connectivity index (χ2n) is 3.60. The van der Waals surface area contributed by atoms with Crippen molar-refractivity contribution >= 4 is 16.8 Å². The van der Waals surface area contributed by atoms with Gasteiger partial charge < -0.3 is 4.74 Å². The molecular weight excluding hydrogens is 184 g/mol. The maximum absolute atomic E-state index is 5.56. The Morgan fingerprint density at radius 2 is 1.80 bits per heavy atom. The van der Waals surface area contributed by atoms with Gasteiger partial charge in [-0.25, -0.2) is 0 Å². The monoisotopic (exact) mass is 194 g/mol. The van der Waals surface area contributed by atoms with Gasteiger partial charge in [-0.3, -0.25) is 0 Å². The van der Waals surface area contributed by atoms with Crippen LogP contribution in [0.3, 0.4) is 0 Å². The van der Waals surface area contributed by atoms with E-state index >= 15 is 0 Å². The summed E-state index contributed by atoms with van der Waals surface area (Å²) >= 11 is 0. The van der Waals surface area contributed by atoms with Crippen LogP contribution in [0.2, 0.25) is 0 Å². The zero-order valence-electron chi connectivity index (χ0n) is 8.23. The molecule has 0 saturated heterocycles. The molecule has 0 amide bonds. The van der Waals surface area contributed by atoms with Crippen molar-refractivity contribution in [3.8, 4) is 5.75 Å². The lowest BCUT2D eigenvalue weighted by molar-refractivity contribution is 0.443. The molecule has 0 aromatic heterocycles. The minimum Gasteiger partial charge on any atom is -0.457 e. The number of rotatable bonds is 0. The SMILES string of the molecule is C=C1C=Cc2c(ccc3ccccc23)O1. The Morgan fingerprint density at radius 3 is 2.73 bits per heavy atom. The van der Waals surface area contributed by atoms with Crippen LogP contribution in [0.4, 0.5) is 0 Å². The minimum absolute atomic E-state index is 0.692. The fourth-order valence-corrected chi connectivity index (χ4v) is 1.89. The van der Waals surface area contributed by atoms with Gasteiger partial charge in [0.15, 0.2) is 0 Å². The Kier molecular flexibility index (Phi) is 1.65. The lowest BCUT2D eigenvalue weighted by Crippen LogP contribution is -1.97. The van der Waals surface area contributed by atoms with Gasteiger partial charge >= 0.3 is 0 Å². The lowest BCUT2D eigenvalue weighted by Gasteiger charge is -2.15. The number of ether oxygens (including phenoxy) is 1. The molecule has 15 heavy (non-hydrogen) atoms. The Labute approximate surface area is 88.3 Å². The summed E-state index contributed by atoms with van der Waals surface area (Å²) in [6.07, 6.45) is 3.96. The first-order valence-corrected chi connectivity index (χ1v) is 4.91. The molecule has 0 bridgehead atoms. The summed E-state index contributed by atoms with van der Waals surface area (Å²) in [7, 11) is 0. The molecule has 0 fully saturated rings. The Hall–Kier alpha value is -2.02. The van der Waals surface area contributed by atoms with Gasteiger partial charge in [0.2, 0.25) is 0 Å². The van der Waals surface area contributed by atoms with E-state index in [0.29, 0.717) is 5.76 Å². The van der Waals surface area contributed by atoms with E-state index < -0.39 is 0 Å². The van der Waals surface area contributed by atoms with E-state index in [0.717, 1.165) is 11.3 Å². The highest BCUT2D eigenvalue weighted by Crippen LogP contribution is 2.33. The van der Waals surface area contributed by atoms with E-state index in [9.17, 15) is 0 Å². The summed E-state index contributed by atoms with van der Waals surface area (Å²) in [6.45, 7) is 3.78. The Morgan fingerprint density at radius 1 is 0.933 bits per heavy atom. The van der Waals surface area contributed by atoms with E-state index in [1.807, 2.05) is 24.3 Å². The van der Waals surface area contributed by atoms with Crippen molar-refractivity contribution in [1.29, 1.82) is 0 Å². The minimum atomic E-state index is 0.692. The van der Waals surface area contributed by atoms with Crippen LogP contribution in [0.1, 0.15) is 5.56 Å². The van der Waals surface area contributed by atoms with E-state index in [2.05, 4.69) is 30.9 Å². The molecule has 1 aliphatic heterocycles. The van der Waals surface area contributed by atoms with E-state index in [1.165, 1.54) is 10.8 Å². The number of fused-ring (bicyclic) bond motifs is 3. The van der Waals surface area contributed by atoms with Crippen molar-refractivity contribution in [2.45, 2.75) is 0 Å². The molecule has 2 aromatic rings. The van der Waals surface area contributed by atoms with Crippen molar-refractivity contribution in [2.24, 2.45) is 0 Å². The molecule has 0 N–H and O–H groups in total. The molecule has 0 atom stereocenters. The number of benzene rings is 2. The van der Waals surface area contributed by atoms with Gasteiger partial charge in [0.05, 0.1) is 0 Å². The topological polar surface area (TPSA) is 9.23 Å². The van der Waals surface area contributed by atoms with Gasteiger partial charge in [-0.2, -0.15) is 0 Å². The molecule has 0 aliphatic carbocycles. The van der Waals surface area contributed by atoms with Crippen LogP contribution in [0, 0.1) is 0 Å². The zero-order valence-corrected chi connectivity index (χ0v) is 8.23. The fourth-order valence-electron chi connectivity index (χ4n) is 1.89. The third-order valence-corrected chi connectivity index (χ3v) is 2.61. The van der Waals surface area contributed by atoms with Crippen LogP contribution in [0.15, 0.2) is 54.8 Å². The summed E-state index contributed by atoms with van der Waals surface area (Å²) in [5.41, 5.74) is 1.14. The van der Waals surface area contributed by atoms with E-state index in [-0.39, 0.29) is 0 Å². The third-order valence-electron chi connectivity index (χ3n) is 2.61. The first-order valence-electron chi connectivity index (χ1n) is 4.91. The second-order valence-corrected chi connectivity index (χ2v) is 3.60. The summed E-state index contributed by atoms with van der Waals surface area (Å²) in [6, 6.07) is 12.4. The molecule has 72 valence electrons. The van der Waals surface area contributed by atoms with Gasteiger partial charge in [0.25, 0.3) is 0 Å². The fraction of sp³-hybridized carbons (Fsp3) is 0. The molecule has 0 unspecified atom stereocenters. The van der Waals surface area contributed by atoms with Gasteiger partial charge in [0, 0.05) is 5.56 Å². The summed E-state index contributed by atoms with van der Waals surface area (Å²) in [5.74, 6) is 1.58. The highest BCUT2D eigenvalue weighted by atomic mass is 16.5. The normalized spacial score (nSPS) is 13.7. The highest BCUT2D eigenvalue weighted by molar-refractivity contribution is 5.93. The van der Waals surface area contributed by atoms with E-state index in [4.69, 9.17) is 4.74 Å². The van der Waals surface area contributed by atoms with Gasteiger partial charge in [-0.1, -0.05) is 36.9 Å². The molecule has 1 nitrogen and oxygen atoms in total. The van der Waals surface area contributed by atoms with Crippen LogP contribution >= 0.6 is 0 Å². The zero-order chi connectivity index (χ0) is 10.3. The highest BCUT2D eigenvalue weighted by Gasteiger charge is 2.10. The Balaban J connectivity index is 2.37. The molecule has 0 radical (unpaired) electrons. The molecule has 0 spiro atoms. The predicted molar refractivity (Wildman–Crippen MR) is 62.8 cm³/mol. The first-order chi connectivity index (χ1) is 7.34. The second kappa shape index (κ2) is 2.99. The molecule has 1 heteroatoms. The largest absolute Gasteiger partial charge is 0.457 e.